The maximum Gasteiger partial charge on any atom is 0.159 e. The average Bonchev–Trinajstić information content (AvgIpc) is 2.57. The van der Waals surface area contributed by atoms with E-state index in [1.165, 1.54) is 32.4 Å². The highest BCUT2D eigenvalue weighted by molar-refractivity contribution is 9.10. The van der Waals surface area contributed by atoms with Gasteiger partial charge in [-0.05, 0) is 41.9 Å². The normalized spacial score (nSPS) is 18.2. The summed E-state index contributed by atoms with van der Waals surface area (Å²) in [6, 6.07) is 0. The molecule has 1 fully saturated rings. The molecule has 1 aliphatic rings. The molecule has 1 aliphatic heterocycles. The van der Waals surface area contributed by atoms with Crippen LogP contribution in [-0.2, 0) is 6.54 Å². The molecule has 4 nitrogen and oxygen atoms in total. The second-order valence-electron chi connectivity index (χ2n) is 4.03. The number of nitrogen functional groups attached to an aromatic ring is 1. The van der Waals surface area contributed by atoms with E-state index in [-0.39, 0.29) is 0 Å². The average molecular weight is 273 g/mol. The van der Waals surface area contributed by atoms with Crippen molar-refractivity contribution in [3.05, 3.63) is 10.7 Å². The Balaban J connectivity index is 1.81. The Bertz CT molecular complexity index is 298. The third kappa shape index (κ3) is 2.95. The SMILES string of the molecule is Nc1nn(CCN2CCCCC2)cc1Br. The van der Waals surface area contributed by atoms with Gasteiger partial charge in [0.2, 0.25) is 0 Å². The third-order valence-electron chi connectivity index (χ3n) is 2.84. The second kappa shape index (κ2) is 4.99. The summed E-state index contributed by atoms with van der Waals surface area (Å²) in [5, 5.41) is 4.22. The quantitative estimate of drug-likeness (QED) is 0.912. The van der Waals surface area contributed by atoms with Gasteiger partial charge in [-0.1, -0.05) is 6.42 Å². The van der Waals surface area contributed by atoms with Crippen LogP contribution in [0.15, 0.2) is 10.7 Å². The molecular weight excluding hydrogens is 256 g/mol. The van der Waals surface area contributed by atoms with Crippen LogP contribution in [0.3, 0.4) is 0 Å². The smallest absolute Gasteiger partial charge is 0.159 e. The van der Waals surface area contributed by atoms with E-state index in [0.717, 1.165) is 17.6 Å². The molecule has 0 unspecified atom stereocenters. The molecule has 0 radical (unpaired) electrons. The second-order valence-corrected chi connectivity index (χ2v) is 4.88. The summed E-state index contributed by atoms with van der Waals surface area (Å²) in [6.45, 7) is 4.47. The predicted molar refractivity (Wildman–Crippen MR) is 64.6 cm³/mol. The van der Waals surface area contributed by atoms with E-state index < -0.39 is 0 Å². The molecule has 1 aromatic heterocycles. The summed E-state index contributed by atoms with van der Waals surface area (Å²) < 4.78 is 2.80. The zero-order chi connectivity index (χ0) is 10.7. The first-order chi connectivity index (χ1) is 7.25. The Hall–Kier alpha value is -0.550. The van der Waals surface area contributed by atoms with Gasteiger partial charge in [-0.2, -0.15) is 5.10 Å². The van der Waals surface area contributed by atoms with Crippen molar-refractivity contribution in [2.75, 3.05) is 25.4 Å². The van der Waals surface area contributed by atoms with Crippen LogP contribution in [0.1, 0.15) is 19.3 Å². The zero-order valence-corrected chi connectivity index (χ0v) is 10.4. The Morgan fingerprint density at radius 2 is 2.00 bits per heavy atom. The highest BCUT2D eigenvalue weighted by atomic mass is 79.9. The molecule has 0 bridgehead atoms. The number of nitrogens with zero attached hydrogens (tertiary/aromatic N) is 3. The van der Waals surface area contributed by atoms with Crippen LogP contribution in [0, 0.1) is 0 Å². The van der Waals surface area contributed by atoms with E-state index in [0.29, 0.717) is 5.82 Å². The van der Waals surface area contributed by atoms with Crippen molar-refractivity contribution < 1.29 is 0 Å². The van der Waals surface area contributed by atoms with Gasteiger partial charge in [0.05, 0.1) is 11.0 Å². The summed E-state index contributed by atoms with van der Waals surface area (Å²) in [5.41, 5.74) is 5.66. The van der Waals surface area contributed by atoms with E-state index >= 15 is 0 Å². The first-order valence-corrected chi connectivity index (χ1v) is 6.26. The molecule has 5 heteroatoms. The van der Waals surface area contributed by atoms with Gasteiger partial charge < -0.3 is 10.6 Å². The van der Waals surface area contributed by atoms with Crippen LogP contribution in [-0.4, -0.2) is 34.3 Å². The van der Waals surface area contributed by atoms with Crippen molar-refractivity contribution in [3.8, 4) is 0 Å². The minimum Gasteiger partial charge on any atom is -0.381 e. The number of nitrogens with two attached hydrogens (primary N) is 1. The fourth-order valence-electron chi connectivity index (χ4n) is 1.95. The van der Waals surface area contributed by atoms with Gasteiger partial charge in [0.1, 0.15) is 0 Å². The molecule has 2 heterocycles. The first-order valence-electron chi connectivity index (χ1n) is 5.46. The lowest BCUT2D eigenvalue weighted by atomic mass is 10.1. The van der Waals surface area contributed by atoms with Crippen molar-refractivity contribution in [3.63, 3.8) is 0 Å². The Labute approximate surface area is 98.6 Å². The van der Waals surface area contributed by atoms with Crippen LogP contribution in [0.25, 0.3) is 0 Å². The maximum atomic E-state index is 5.66. The van der Waals surface area contributed by atoms with Crippen molar-refractivity contribution in [2.24, 2.45) is 0 Å². The highest BCUT2D eigenvalue weighted by Crippen LogP contribution is 2.16. The van der Waals surface area contributed by atoms with Gasteiger partial charge in [-0.15, -0.1) is 0 Å². The largest absolute Gasteiger partial charge is 0.381 e. The molecule has 0 amide bonds. The van der Waals surface area contributed by atoms with E-state index in [1.54, 1.807) is 0 Å². The minimum absolute atomic E-state index is 0.577. The van der Waals surface area contributed by atoms with Gasteiger partial charge in [0.15, 0.2) is 5.82 Å². The summed E-state index contributed by atoms with van der Waals surface area (Å²) in [6.07, 6.45) is 6.01. The number of anilines is 1. The van der Waals surface area contributed by atoms with Crippen LogP contribution in [0.2, 0.25) is 0 Å². The molecule has 84 valence electrons. The summed E-state index contributed by atoms with van der Waals surface area (Å²) >= 11 is 3.36. The minimum atomic E-state index is 0.577. The molecule has 0 saturated carbocycles. The number of rotatable bonds is 3. The standard InChI is InChI=1S/C10H17BrN4/c11-9-8-15(13-10(9)12)7-6-14-4-2-1-3-5-14/h8H,1-7H2,(H2,12,13). The lowest BCUT2D eigenvalue weighted by molar-refractivity contribution is 0.218. The molecule has 1 aromatic rings. The van der Waals surface area contributed by atoms with Gasteiger partial charge >= 0.3 is 0 Å². The highest BCUT2D eigenvalue weighted by Gasteiger charge is 2.10. The summed E-state index contributed by atoms with van der Waals surface area (Å²) in [4.78, 5) is 2.50. The number of halogens is 1. The van der Waals surface area contributed by atoms with E-state index in [2.05, 4.69) is 25.9 Å². The maximum absolute atomic E-state index is 5.66. The van der Waals surface area contributed by atoms with Crippen molar-refractivity contribution in [1.29, 1.82) is 0 Å². The lowest BCUT2D eigenvalue weighted by Crippen LogP contribution is -2.32. The van der Waals surface area contributed by atoms with Gasteiger partial charge in [-0.25, -0.2) is 0 Å². The summed E-state index contributed by atoms with van der Waals surface area (Å²) in [7, 11) is 0. The number of piperidine rings is 1. The fourth-order valence-corrected chi connectivity index (χ4v) is 2.27. The van der Waals surface area contributed by atoms with Gasteiger partial charge in [0.25, 0.3) is 0 Å². The van der Waals surface area contributed by atoms with Crippen molar-refractivity contribution in [1.82, 2.24) is 14.7 Å². The van der Waals surface area contributed by atoms with Crippen molar-refractivity contribution in [2.45, 2.75) is 25.8 Å². The monoisotopic (exact) mass is 272 g/mol. The number of likely N-dealkylation sites (tertiary alicyclic amines) is 1. The van der Waals surface area contributed by atoms with E-state index in [4.69, 9.17) is 5.73 Å². The zero-order valence-electron chi connectivity index (χ0n) is 8.82. The number of hydrogen-bond acceptors (Lipinski definition) is 3. The molecule has 0 spiro atoms. The molecule has 15 heavy (non-hydrogen) atoms. The van der Waals surface area contributed by atoms with E-state index in [1.807, 2.05) is 10.9 Å². The van der Waals surface area contributed by atoms with Crippen LogP contribution in [0.5, 0.6) is 0 Å². The third-order valence-corrected chi connectivity index (χ3v) is 3.45. The molecule has 1 saturated heterocycles. The molecule has 0 aliphatic carbocycles. The van der Waals surface area contributed by atoms with E-state index in [9.17, 15) is 0 Å². The molecule has 0 aromatic carbocycles. The Kier molecular flexibility index (Phi) is 3.64. The molecular formula is C10H17BrN4. The summed E-state index contributed by atoms with van der Waals surface area (Å²) in [5.74, 6) is 0.577. The van der Waals surface area contributed by atoms with Crippen LogP contribution >= 0.6 is 15.9 Å². The number of hydrogen-bond donors (Lipinski definition) is 1. The lowest BCUT2D eigenvalue weighted by Gasteiger charge is -2.26. The Morgan fingerprint density at radius 1 is 1.27 bits per heavy atom. The predicted octanol–water partition coefficient (Wildman–Crippen LogP) is 1.71. The molecule has 2 rings (SSSR count). The number of aromatic nitrogens is 2. The van der Waals surface area contributed by atoms with Gasteiger partial charge in [-0.3, -0.25) is 4.68 Å². The van der Waals surface area contributed by atoms with Crippen LogP contribution in [0.4, 0.5) is 5.82 Å². The molecule has 2 N–H and O–H groups in total. The first kappa shape index (κ1) is 11.0. The topological polar surface area (TPSA) is 47.1 Å². The molecule has 0 atom stereocenters. The van der Waals surface area contributed by atoms with Gasteiger partial charge in [0, 0.05) is 12.7 Å². The fraction of sp³-hybridized carbons (Fsp3) is 0.700. The van der Waals surface area contributed by atoms with Crippen molar-refractivity contribution >= 4 is 21.7 Å². The van der Waals surface area contributed by atoms with Crippen LogP contribution < -0.4 is 5.73 Å². The Morgan fingerprint density at radius 3 is 2.60 bits per heavy atom.